The molecule has 100 valence electrons. The van der Waals surface area contributed by atoms with E-state index in [9.17, 15) is 4.79 Å². The molecule has 1 aromatic carbocycles. The largest absolute Gasteiger partial charge is 0.493 e. The van der Waals surface area contributed by atoms with Gasteiger partial charge in [-0.3, -0.25) is 4.79 Å². The molecule has 0 fully saturated rings. The van der Waals surface area contributed by atoms with E-state index in [-0.39, 0.29) is 12.3 Å². The van der Waals surface area contributed by atoms with Crippen molar-refractivity contribution in [2.24, 2.45) is 0 Å². The molecule has 0 radical (unpaired) electrons. The monoisotopic (exact) mass is 252 g/mol. The Labute approximate surface area is 108 Å². The Balaban J connectivity index is 2.97. The summed E-state index contributed by atoms with van der Waals surface area (Å²) >= 11 is 0. The van der Waals surface area contributed by atoms with Crippen molar-refractivity contribution in [3.63, 3.8) is 0 Å². The van der Waals surface area contributed by atoms with Crippen LogP contribution in [-0.2, 0) is 4.79 Å². The molecule has 4 nitrogen and oxygen atoms in total. The predicted molar refractivity (Wildman–Crippen MR) is 69.6 cm³/mol. The van der Waals surface area contributed by atoms with Crippen molar-refractivity contribution in [1.82, 2.24) is 0 Å². The fourth-order valence-electron chi connectivity index (χ4n) is 2.02. The minimum absolute atomic E-state index is 0.176. The van der Waals surface area contributed by atoms with Gasteiger partial charge in [-0.1, -0.05) is 6.92 Å². The molecule has 1 rings (SSSR count). The van der Waals surface area contributed by atoms with Crippen molar-refractivity contribution in [2.75, 3.05) is 14.2 Å². The lowest BCUT2D eigenvalue weighted by molar-refractivity contribution is -0.137. The van der Waals surface area contributed by atoms with Crippen molar-refractivity contribution in [3.05, 3.63) is 23.3 Å². The second-order valence-corrected chi connectivity index (χ2v) is 4.40. The van der Waals surface area contributed by atoms with E-state index in [1.165, 1.54) is 0 Å². The molecule has 0 saturated heterocycles. The van der Waals surface area contributed by atoms with Gasteiger partial charge in [0, 0.05) is 6.42 Å². The SMILES string of the molecule is COc1cc(C)c([C@@H](C)CCC(=O)O)cc1OC. The highest BCUT2D eigenvalue weighted by atomic mass is 16.5. The van der Waals surface area contributed by atoms with Crippen LogP contribution in [0.4, 0.5) is 0 Å². The van der Waals surface area contributed by atoms with E-state index >= 15 is 0 Å². The summed E-state index contributed by atoms with van der Waals surface area (Å²) in [4.78, 5) is 10.6. The number of hydrogen-bond donors (Lipinski definition) is 1. The van der Waals surface area contributed by atoms with Crippen LogP contribution < -0.4 is 9.47 Å². The molecule has 0 saturated carbocycles. The average molecular weight is 252 g/mol. The van der Waals surface area contributed by atoms with E-state index in [4.69, 9.17) is 14.6 Å². The van der Waals surface area contributed by atoms with E-state index < -0.39 is 5.97 Å². The Morgan fingerprint density at radius 1 is 1.28 bits per heavy atom. The van der Waals surface area contributed by atoms with Gasteiger partial charge in [-0.15, -0.1) is 0 Å². The third kappa shape index (κ3) is 3.39. The molecule has 1 aromatic rings. The number of ether oxygens (including phenoxy) is 2. The first-order chi connectivity index (χ1) is 8.49. The molecule has 1 atom stereocenters. The van der Waals surface area contributed by atoms with Crippen molar-refractivity contribution >= 4 is 5.97 Å². The number of aliphatic carboxylic acids is 1. The zero-order valence-electron chi connectivity index (χ0n) is 11.3. The van der Waals surface area contributed by atoms with Gasteiger partial charge in [0.1, 0.15) is 0 Å². The van der Waals surface area contributed by atoms with Gasteiger partial charge < -0.3 is 14.6 Å². The van der Waals surface area contributed by atoms with Crippen LogP contribution in [0.1, 0.15) is 36.8 Å². The molecule has 0 unspecified atom stereocenters. The Morgan fingerprint density at radius 3 is 2.33 bits per heavy atom. The summed E-state index contributed by atoms with van der Waals surface area (Å²) in [6, 6.07) is 3.85. The first kappa shape index (κ1) is 14.4. The number of methoxy groups -OCH3 is 2. The van der Waals surface area contributed by atoms with Crippen LogP contribution in [0.2, 0.25) is 0 Å². The molecular formula is C14H20O4. The molecule has 4 heteroatoms. The molecular weight excluding hydrogens is 232 g/mol. The molecule has 0 spiro atoms. The number of benzene rings is 1. The van der Waals surface area contributed by atoms with Gasteiger partial charge in [0.15, 0.2) is 11.5 Å². The maximum Gasteiger partial charge on any atom is 0.303 e. The molecule has 0 amide bonds. The number of hydrogen-bond acceptors (Lipinski definition) is 3. The summed E-state index contributed by atoms with van der Waals surface area (Å²) in [5, 5.41) is 8.72. The predicted octanol–water partition coefficient (Wildman–Crippen LogP) is 2.98. The Morgan fingerprint density at radius 2 is 1.83 bits per heavy atom. The fraction of sp³-hybridized carbons (Fsp3) is 0.500. The quantitative estimate of drug-likeness (QED) is 0.845. The molecule has 0 aromatic heterocycles. The number of carboxylic acids is 1. The van der Waals surface area contributed by atoms with Gasteiger partial charge in [-0.05, 0) is 42.5 Å². The van der Waals surface area contributed by atoms with E-state index in [1.807, 2.05) is 26.0 Å². The van der Waals surface area contributed by atoms with Crippen LogP contribution in [0.5, 0.6) is 11.5 Å². The summed E-state index contributed by atoms with van der Waals surface area (Å²) in [5.41, 5.74) is 2.19. The third-order valence-electron chi connectivity index (χ3n) is 3.09. The lowest BCUT2D eigenvalue weighted by Crippen LogP contribution is -2.03. The smallest absolute Gasteiger partial charge is 0.303 e. The minimum Gasteiger partial charge on any atom is -0.493 e. The highest BCUT2D eigenvalue weighted by molar-refractivity contribution is 5.66. The average Bonchev–Trinajstić information content (AvgIpc) is 2.35. The summed E-state index contributed by atoms with van der Waals surface area (Å²) in [6.07, 6.45) is 0.792. The van der Waals surface area contributed by atoms with Crippen LogP contribution in [0, 0.1) is 6.92 Å². The summed E-state index contributed by atoms with van der Waals surface area (Å²) in [7, 11) is 3.20. The molecule has 0 bridgehead atoms. The van der Waals surface area contributed by atoms with Crippen LogP contribution >= 0.6 is 0 Å². The van der Waals surface area contributed by atoms with E-state index in [2.05, 4.69) is 0 Å². The molecule has 0 aliphatic rings. The fourth-order valence-corrected chi connectivity index (χ4v) is 2.02. The first-order valence-corrected chi connectivity index (χ1v) is 5.94. The second kappa shape index (κ2) is 6.28. The highest BCUT2D eigenvalue weighted by Crippen LogP contribution is 2.34. The van der Waals surface area contributed by atoms with Gasteiger partial charge in [-0.2, -0.15) is 0 Å². The van der Waals surface area contributed by atoms with Crippen molar-refractivity contribution in [1.29, 1.82) is 0 Å². The zero-order chi connectivity index (χ0) is 13.7. The van der Waals surface area contributed by atoms with Gasteiger partial charge >= 0.3 is 5.97 Å². The topological polar surface area (TPSA) is 55.8 Å². The maximum absolute atomic E-state index is 10.6. The molecule has 0 heterocycles. The number of rotatable bonds is 6. The van der Waals surface area contributed by atoms with Crippen LogP contribution in [0.25, 0.3) is 0 Å². The van der Waals surface area contributed by atoms with Gasteiger partial charge in [0.25, 0.3) is 0 Å². The van der Waals surface area contributed by atoms with Gasteiger partial charge in [0.05, 0.1) is 14.2 Å². The highest BCUT2D eigenvalue weighted by Gasteiger charge is 2.14. The lowest BCUT2D eigenvalue weighted by atomic mass is 9.92. The van der Waals surface area contributed by atoms with Crippen LogP contribution in [0.15, 0.2) is 12.1 Å². The van der Waals surface area contributed by atoms with Gasteiger partial charge in [0.2, 0.25) is 0 Å². The summed E-state index contributed by atoms with van der Waals surface area (Å²) in [5.74, 6) is 0.797. The number of aryl methyl sites for hydroxylation is 1. The van der Waals surface area contributed by atoms with Crippen molar-refractivity contribution < 1.29 is 19.4 Å². The Bertz CT molecular complexity index is 426. The van der Waals surface area contributed by atoms with E-state index in [0.29, 0.717) is 17.9 Å². The van der Waals surface area contributed by atoms with Crippen LogP contribution in [0.3, 0.4) is 0 Å². The van der Waals surface area contributed by atoms with Gasteiger partial charge in [-0.25, -0.2) is 0 Å². The number of carboxylic acid groups (broad SMARTS) is 1. The number of carbonyl (C=O) groups is 1. The molecule has 1 N–H and O–H groups in total. The Kier molecular flexibility index (Phi) is 5.01. The second-order valence-electron chi connectivity index (χ2n) is 4.40. The lowest BCUT2D eigenvalue weighted by Gasteiger charge is -2.17. The normalized spacial score (nSPS) is 12.0. The van der Waals surface area contributed by atoms with E-state index in [0.717, 1.165) is 11.1 Å². The standard InChI is InChI=1S/C14H20O4/c1-9(5-6-14(15)16)11-8-13(18-4)12(17-3)7-10(11)2/h7-9H,5-6H2,1-4H3,(H,15,16)/t9-/m0/s1. The molecule has 0 aliphatic carbocycles. The first-order valence-electron chi connectivity index (χ1n) is 5.94. The molecule has 18 heavy (non-hydrogen) atoms. The van der Waals surface area contributed by atoms with E-state index in [1.54, 1.807) is 14.2 Å². The minimum atomic E-state index is -0.764. The Hall–Kier alpha value is -1.71. The summed E-state index contributed by atoms with van der Waals surface area (Å²) in [6.45, 7) is 4.02. The zero-order valence-corrected chi connectivity index (χ0v) is 11.3. The van der Waals surface area contributed by atoms with Crippen LogP contribution in [-0.4, -0.2) is 25.3 Å². The molecule has 0 aliphatic heterocycles. The van der Waals surface area contributed by atoms with Crippen molar-refractivity contribution in [3.8, 4) is 11.5 Å². The maximum atomic E-state index is 10.6. The summed E-state index contributed by atoms with van der Waals surface area (Å²) < 4.78 is 10.5. The van der Waals surface area contributed by atoms with Crippen molar-refractivity contribution in [2.45, 2.75) is 32.6 Å². The third-order valence-corrected chi connectivity index (χ3v) is 3.09.